The van der Waals surface area contributed by atoms with Gasteiger partial charge in [-0.2, -0.15) is 0 Å². The van der Waals surface area contributed by atoms with Crippen molar-refractivity contribution in [2.45, 2.75) is 27.2 Å². The van der Waals surface area contributed by atoms with Crippen LogP contribution in [0, 0.1) is 6.92 Å². The molecule has 1 heterocycles. The van der Waals surface area contributed by atoms with Gasteiger partial charge in [-0.15, -0.1) is 24.8 Å². The van der Waals surface area contributed by atoms with Gasteiger partial charge in [-0.25, -0.2) is 0 Å². The first kappa shape index (κ1) is 45.3. The molecule has 1 aliphatic carbocycles. The Morgan fingerprint density at radius 2 is 1.22 bits per heavy atom. The van der Waals surface area contributed by atoms with E-state index in [0.717, 1.165) is 11.1 Å². The maximum atomic E-state index is 13.4. The predicted octanol–water partition coefficient (Wildman–Crippen LogP) is 4.03. The molecule has 0 saturated heterocycles. The summed E-state index contributed by atoms with van der Waals surface area (Å²) in [5.74, 6) is -0.957. The third-order valence-corrected chi connectivity index (χ3v) is 8.19. The van der Waals surface area contributed by atoms with E-state index in [4.69, 9.17) is 19.4 Å². The zero-order valence-corrected chi connectivity index (χ0v) is 32.1. The fraction of sp³-hybridized carbons (Fsp3) is 0.342. The first-order valence-corrected chi connectivity index (χ1v) is 16.8. The van der Waals surface area contributed by atoms with Gasteiger partial charge in [0.25, 0.3) is 0 Å². The van der Waals surface area contributed by atoms with Crippen molar-refractivity contribution in [1.29, 1.82) is 0 Å². The Morgan fingerprint density at radius 1 is 0.722 bits per heavy atom. The maximum absolute atomic E-state index is 13.4. The molecule has 54 heavy (non-hydrogen) atoms. The van der Waals surface area contributed by atoms with Gasteiger partial charge in [0.15, 0.2) is 5.43 Å². The number of carbonyl (C=O) groups is 2. The molecule has 4 aromatic rings. The Bertz CT molecular complexity index is 1950. The van der Waals surface area contributed by atoms with Crippen LogP contribution in [0.4, 0.5) is 11.4 Å². The first-order chi connectivity index (χ1) is 24.9. The van der Waals surface area contributed by atoms with Crippen molar-refractivity contribution < 1.29 is 44.3 Å². The average Bonchev–Trinajstić information content (AvgIpc) is 3.10. The monoisotopic (exact) mass is 790 g/mol. The third kappa shape index (κ3) is 10.4. The fourth-order valence-corrected chi connectivity index (χ4v) is 5.78. The van der Waals surface area contributed by atoms with Gasteiger partial charge < -0.3 is 56.0 Å². The average molecular weight is 792 g/mol. The lowest BCUT2D eigenvalue weighted by Gasteiger charge is -2.25. The number of ether oxygens (including phenoxy) is 1. The van der Waals surface area contributed by atoms with Crippen molar-refractivity contribution in [1.82, 2.24) is 10.6 Å². The highest BCUT2D eigenvalue weighted by atomic mass is 35.5. The van der Waals surface area contributed by atoms with E-state index in [2.05, 4.69) is 21.3 Å². The number of benzene rings is 3. The summed E-state index contributed by atoms with van der Waals surface area (Å²) in [6, 6.07) is 8.58. The summed E-state index contributed by atoms with van der Waals surface area (Å²) in [6.07, 6.45) is 2.60. The van der Waals surface area contributed by atoms with Crippen LogP contribution in [0.25, 0.3) is 11.0 Å². The lowest BCUT2D eigenvalue weighted by molar-refractivity contribution is 0.0975. The molecular formula is C38H48Cl2N4O10. The molecule has 0 amide bonds. The Balaban J connectivity index is 0.000000397. The van der Waals surface area contributed by atoms with Crippen LogP contribution in [0.15, 0.2) is 57.3 Å². The van der Waals surface area contributed by atoms with Gasteiger partial charge in [0.1, 0.15) is 39.7 Å². The number of hydrogen-bond donors (Lipinski definition) is 9. The van der Waals surface area contributed by atoms with E-state index in [0.29, 0.717) is 74.2 Å². The summed E-state index contributed by atoms with van der Waals surface area (Å²) in [7, 11) is 1.53. The molecule has 0 bridgehead atoms. The Morgan fingerprint density at radius 3 is 1.67 bits per heavy atom. The second kappa shape index (κ2) is 21.2. The number of nitrogens with one attached hydrogen (secondary N) is 4. The summed E-state index contributed by atoms with van der Waals surface area (Å²) in [6.45, 7) is 8.51. The minimum Gasteiger partial charge on any atom is -0.507 e. The number of fused-ring (bicyclic) bond motifs is 3. The molecule has 5 rings (SSSR count). The number of phenolic OH excluding ortho intramolecular Hbond substituents is 3. The van der Waals surface area contributed by atoms with E-state index < -0.39 is 11.6 Å². The Labute approximate surface area is 325 Å². The van der Waals surface area contributed by atoms with Gasteiger partial charge in [0, 0.05) is 68.3 Å². The molecule has 16 heteroatoms. The van der Waals surface area contributed by atoms with Gasteiger partial charge in [-0.1, -0.05) is 11.6 Å². The first-order valence-electron chi connectivity index (χ1n) is 16.8. The number of methoxy groups -OCH3 is 1. The molecule has 3 aromatic carbocycles. The number of ketones is 2. The van der Waals surface area contributed by atoms with Crippen LogP contribution in [-0.4, -0.2) is 96.7 Å². The van der Waals surface area contributed by atoms with Crippen LogP contribution < -0.4 is 31.4 Å². The predicted molar refractivity (Wildman–Crippen MR) is 213 cm³/mol. The number of aryl methyl sites for hydroxylation is 1. The van der Waals surface area contributed by atoms with Gasteiger partial charge in [0.05, 0.1) is 42.6 Å². The summed E-state index contributed by atoms with van der Waals surface area (Å²) in [5.41, 5.74) is 2.74. The molecule has 14 nitrogen and oxygen atoms in total. The van der Waals surface area contributed by atoms with Crippen molar-refractivity contribution >= 4 is 58.7 Å². The van der Waals surface area contributed by atoms with Crippen molar-refractivity contribution in [2.75, 3.05) is 70.2 Å². The second-order valence-electron chi connectivity index (χ2n) is 12.2. The number of aliphatic hydroxyl groups excluding tert-OH is 2. The smallest absolute Gasteiger partial charge is 0.200 e. The van der Waals surface area contributed by atoms with Crippen LogP contribution in [0.3, 0.4) is 0 Å². The molecule has 0 radical (unpaired) electrons. The Kier molecular flexibility index (Phi) is 17.8. The van der Waals surface area contributed by atoms with Crippen LogP contribution >= 0.6 is 24.8 Å². The summed E-state index contributed by atoms with van der Waals surface area (Å²) >= 11 is 0. The molecule has 1 aromatic heterocycles. The van der Waals surface area contributed by atoms with E-state index in [1.54, 1.807) is 19.1 Å². The van der Waals surface area contributed by atoms with Gasteiger partial charge >= 0.3 is 0 Å². The molecule has 0 atom stereocenters. The van der Waals surface area contributed by atoms with Crippen LogP contribution in [0.2, 0.25) is 0 Å². The van der Waals surface area contributed by atoms with Gasteiger partial charge in [-0.05, 0) is 51.5 Å². The minimum atomic E-state index is -0.559. The number of hydrogen-bond acceptors (Lipinski definition) is 14. The van der Waals surface area contributed by atoms with E-state index in [1.807, 2.05) is 19.9 Å². The van der Waals surface area contributed by atoms with Gasteiger partial charge in [0.2, 0.25) is 11.6 Å². The number of rotatable bonds is 15. The van der Waals surface area contributed by atoms with Gasteiger partial charge in [-0.3, -0.25) is 14.4 Å². The normalized spacial score (nSPS) is 11.3. The molecule has 294 valence electrons. The lowest BCUT2D eigenvalue weighted by atomic mass is 9.81. The van der Waals surface area contributed by atoms with Crippen LogP contribution in [-0.2, 0) is 6.42 Å². The van der Waals surface area contributed by atoms with Crippen molar-refractivity contribution in [2.24, 2.45) is 0 Å². The van der Waals surface area contributed by atoms with E-state index in [9.17, 15) is 29.7 Å². The number of aromatic hydroxyl groups is 3. The van der Waals surface area contributed by atoms with E-state index in [1.165, 1.54) is 31.4 Å². The zero-order valence-electron chi connectivity index (χ0n) is 30.5. The molecule has 0 aliphatic heterocycles. The molecule has 0 spiro atoms. The SMILES string of the molecule is COc1cc(O)c2c(=O)cc(C)oc2c1CC=C(C)C.Cl.Cl.O=C1c2c(O)ccc(O)c2C(=O)c2c(NCCNCCO)ccc(NCCNCCO)c21. The molecule has 0 unspecified atom stereocenters. The highest BCUT2D eigenvalue weighted by molar-refractivity contribution is 6.33. The summed E-state index contributed by atoms with van der Waals surface area (Å²) in [5, 5.41) is 60.8. The van der Waals surface area contributed by atoms with Crippen molar-refractivity contribution in [3.8, 4) is 23.0 Å². The van der Waals surface area contributed by atoms with E-state index >= 15 is 0 Å². The summed E-state index contributed by atoms with van der Waals surface area (Å²) in [4.78, 5) is 38.8. The maximum Gasteiger partial charge on any atom is 0.200 e. The largest absolute Gasteiger partial charge is 0.507 e. The standard InChI is InChI=1S/C22H28N4O6.C16H18O4.2ClH/c27-11-9-23-5-7-25-13-1-2-14(26-8-6-24-10-12-28)18-17(13)21(31)19-15(29)3-4-16(30)20(19)22(18)32;1-9(2)5-6-11-14(19-4)8-13(18)15-12(17)7-10(3)20-16(11)15;;/h1-4,23-30H,5-12H2;5,7-8,18H,6H2,1-4H3;2*1H. The molecule has 0 saturated carbocycles. The molecule has 1 aliphatic rings. The third-order valence-electron chi connectivity index (χ3n) is 8.19. The van der Waals surface area contributed by atoms with E-state index in [-0.39, 0.29) is 88.3 Å². The van der Waals surface area contributed by atoms with Crippen LogP contribution in [0.1, 0.15) is 57.0 Å². The number of allylic oxidation sites excluding steroid dienone is 2. The topological polar surface area (TPSA) is 223 Å². The minimum absolute atomic E-state index is 0. The highest BCUT2D eigenvalue weighted by Crippen LogP contribution is 2.42. The molecule has 9 N–H and O–H groups in total. The van der Waals surface area contributed by atoms with Crippen molar-refractivity contribution in [3.05, 3.63) is 91.8 Å². The van der Waals surface area contributed by atoms with Crippen LogP contribution in [0.5, 0.6) is 23.0 Å². The number of aliphatic hydroxyl groups is 2. The fourth-order valence-electron chi connectivity index (χ4n) is 5.78. The highest BCUT2D eigenvalue weighted by Gasteiger charge is 2.38. The molecular weight excluding hydrogens is 743 g/mol. The lowest BCUT2D eigenvalue weighted by Crippen LogP contribution is -2.28. The number of halogens is 2. The zero-order chi connectivity index (χ0) is 37.9. The number of anilines is 2. The number of carbonyl (C=O) groups excluding carboxylic acids is 2. The second-order valence-corrected chi connectivity index (χ2v) is 12.2. The van der Waals surface area contributed by atoms with Crippen molar-refractivity contribution in [3.63, 3.8) is 0 Å². The molecule has 0 fully saturated rings. The number of phenols is 3. The summed E-state index contributed by atoms with van der Waals surface area (Å²) < 4.78 is 11.0. The quantitative estimate of drug-likeness (QED) is 0.0415. The Hall–Kier alpha value is -4.83.